The molecule has 126 valence electrons. The Hall–Kier alpha value is -1.83. The number of halogens is 1. The number of hydrogen-bond acceptors (Lipinski definition) is 5. The summed E-state index contributed by atoms with van der Waals surface area (Å²) in [5.41, 5.74) is 0.145. The number of hydrogen-bond donors (Lipinski definition) is 1. The second-order valence-electron chi connectivity index (χ2n) is 6.30. The summed E-state index contributed by atoms with van der Waals surface area (Å²) in [4.78, 5) is 31.1. The van der Waals surface area contributed by atoms with Gasteiger partial charge in [0.05, 0.1) is 11.9 Å². The van der Waals surface area contributed by atoms with Crippen LogP contribution in [0.15, 0.2) is 22.9 Å². The molecule has 1 N–H and O–H groups in total. The minimum Gasteiger partial charge on any atom is -0.480 e. The molecule has 1 aromatic rings. The molecule has 0 unspecified atom stereocenters. The van der Waals surface area contributed by atoms with Crippen molar-refractivity contribution < 1.29 is 19.4 Å². The molecule has 1 atom stereocenters. The van der Waals surface area contributed by atoms with Crippen molar-refractivity contribution in [2.24, 2.45) is 0 Å². The number of aliphatic carboxylic acids is 1. The van der Waals surface area contributed by atoms with Crippen LogP contribution >= 0.6 is 15.9 Å². The number of carbonyl (C=O) groups is 2. The summed E-state index contributed by atoms with van der Waals surface area (Å²) in [6.45, 7) is 6.22. The fourth-order valence-corrected chi connectivity index (χ4v) is 2.83. The standard InChI is InChI=1S/C15H20BrN3O4/c1-15(2,3)23-14(22)19-7-6-18(9-12(19)13(20)21)11-8-17-5-4-10(11)16/h4-5,8,12H,6-7,9H2,1-3H3,(H,20,21)/t12-/m0/s1. The van der Waals surface area contributed by atoms with E-state index < -0.39 is 23.7 Å². The molecule has 2 heterocycles. The highest BCUT2D eigenvalue weighted by Crippen LogP contribution is 2.27. The minimum absolute atomic E-state index is 0.179. The van der Waals surface area contributed by atoms with Gasteiger partial charge in [-0.1, -0.05) is 0 Å². The molecule has 1 saturated heterocycles. The van der Waals surface area contributed by atoms with E-state index in [0.717, 1.165) is 10.2 Å². The Balaban J connectivity index is 2.17. The van der Waals surface area contributed by atoms with Crippen LogP contribution in [0.25, 0.3) is 0 Å². The zero-order chi connectivity index (χ0) is 17.2. The van der Waals surface area contributed by atoms with Crippen LogP contribution in [0.2, 0.25) is 0 Å². The Morgan fingerprint density at radius 2 is 2.09 bits per heavy atom. The Kier molecular flexibility index (Phi) is 5.13. The predicted octanol–water partition coefficient (Wildman–Crippen LogP) is 2.35. The van der Waals surface area contributed by atoms with E-state index in [4.69, 9.17) is 4.74 Å². The minimum atomic E-state index is -1.06. The first kappa shape index (κ1) is 17.5. The van der Waals surface area contributed by atoms with E-state index in [1.54, 1.807) is 39.2 Å². The molecule has 0 radical (unpaired) electrons. The molecule has 8 heteroatoms. The van der Waals surface area contributed by atoms with Gasteiger partial charge in [-0.2, -0.15) is 0 Å². The first-order valence-corrected chi connectivity index (χ1v) is 8.05. The first-order chi connectivity index (χ1) is 10.7. The smallest absolute Gasteiger partial charge is 0.411 e. The van der Waals surface area contributed by atoms with Gasteiger partial charge in [-0.25, -0.2) is 9.59 Å². The molecular weight excluding hydrogens is 366 g/mol. The van der Waals surface area contributed by atoms with Crippen LogP contribution in [-0.4, -0.2) is 58.3 Å². The van der Waals surface area contributed by atoms with Gasteiger partial charge in [0.25, 0.3) is 0 Å². The molecule has 0 saturated carbocycles. The first-order valence-electron chi connectivity index (χ1n) is 7.26. The molecule has 0 spiro atoms. The highest BCUT2D eigenvalue weighted by molar-refractivity contribution is 9.10. The average Bonchev–Trinajstić information content (AvgIpc) is 2.45. The molecule has 0 bridgehead atoms. The molecule has 0 aliphatic carbocycles. The molecule has 7 nitrogen and oxygen atoms in total. The molecular formula is C15H20BrN3O4. The normalized spacial score (nSPS) is 18.7. The van der Waals surface area contributed by atoms with Crippen molar-refractivity contribution in [1.82, 2.24) is 9.88 Å². The lowest BCUT2D eigenvalue weighted by Crippen LogP contribution is -2.59. The van der Waals surface area contributed by atoms with Crippen LogP contribution in [0.3, 0.4) is 0 Å². The van der Waals surface area contributed by atoms with Crippen molar-refractivity contribution in [3.63, 3.8) is 0 Å². The summed E-state index contributed by atoms with van der Waals surface area (Å²) in [6.07, 6.45) is 2.72. The van der Waals surface area contributed by atoms with E-state index in [9.17, 15) is 14.7 Å². The largest absolute Gasteiger partial charge is 0.480 e. The lowest BCUT2D eigenvalue weighted by Gasteiger charge is -2.40. The fourth-order valence-electron chi connectivity index (χ4n) is 2.35. The summed E-state index contributed by atoms with van der Waals surface area (Å²) >= 11 is 3.44. The van der Waals surface area contributed by atoms with Crippen LogP contribution in [0.4, 0.5) is 10.5 Å². The number of ether oxygens (including phenoxy) is 1. The molecule has 1 amide bonds. The topological polar surface area (TPSA) is 83.0 Å². The summed E-state index contributed by atoms with van der Waals surface area (Å²) in [5, 5.41) is 9.49. The van der Waals surface area contributed by atoms with Gasteiger partial charge in [0, 0.05) is 30.3 Å². The third-order valence-corrected chi connectivity index (χ3v) is 4.05. The number of rotatable bonds is 2. The van der Waals surface area contributed by atoms with Gasteiger partial charge in [-0.05, 0) is 42.8 Å². The van der Waals surface area contributed by atoms with Gasteiger partial charge in [0.1, 0.15) is 11.6 Å². The lowest BCUT2D eigenvalue weighted by atomic mass is 10.1. The predicted molar refractivity (Wildman–Crippen MR) is 88.5 cm³/mol. The molecule has 1 fully saturated rings. The van der Waals surface area contributed by atoms with E-state index in [-0.39, 0.29) is 13.1 Å². The van der Waals surface area contributed by atoms with Crippen molar-refractivity contribution in [3.8, 4) is 0 Å². The molecule has 0 aromatic carbocycles. The number of anilines is 1. The Bertz CT molecular complexity index is 603. The van der Waals surface area contributed by atoms with Gasteiger partial charge in [0.2, 0.25) is 0 Å². The Morgan fingerprint density at radius 3 is 2.65 bits per heavy atom. The number of nitrogens with zero attached hydrogens (tertiary/aromatic N) is 3. The lowest BCUT2D eigenvalue weighted by molar-refractivity contribution is -0.143. The third-order valence-electron chi connectivity index (χ3n) is 3.38. The maximum atomic E-state index is 12.2. The van der Waals surface area contributed by atoms with Gasteiger partial charge < -0.3 is 14.7 Å². The molecule has 23 heavy (non-hydrogen) atoms. The van der Waals surface area contributed by atoms with E-state index >= 15 is 0 Å². The van der Waals surface area contributed by atoms with Crippen LogP contribution in [0.1, 0.15) is 20.8 Å². The van der Waals surface area contributed by atoms with Crippen LogP contribution in [0.5, 0.6) is 0 Å². The van der Waals surface area contributed by atoms with Crippen molar-refractivity contribution in [2.75, 3.05) is 24.5 Å². The second kappa shape index (κ2) is 6.74. The van der Waals surface area contributed by atoms with Gasteiger partial charge in [-0.3, -0.25) is 9.88 Å². The van der Waals surface area contributed by atoms with E-state index in [1.807, 2.05) is 4.90 Å². The van der Waals surface area contributed by atoms with Crippen LogP contribution in [0, 0.1) is 0 Å². The maximum Gasteiger partial charge on any atom is 0.411 e. The summed E-state index contributed by atoms with van der Waals surface area (Å²) in [7, 11) is 0. The van der Waals surface area contributed by atoms with Crippen molar-refractivity contribution in [3.05, 3.63) is 22.9 Å². The van der Waals surface area contributed by atoms with Crippen molar-refractivity contribution in [1.29, 1.82) is 0 Å². The van der Waals surface area contributed by atoms with Crippen molar-refractivity contribution >= 4 is 33.7 Å². The number of carboxylic acids is 1. The number of pyridine rings is 1. The van der Waals surface area contributed by atoms with E-state index in [2.05, 4.69) is 20.9 Å². The van der Waals surface area contributed by atoms with E-state index in [1.165, 1.54) is 4.90 Å². The summed E-state index contributed by atoms with van der Waals surface area (Å²) in [5.74, 6) is -1.06. The van der Waals surface area contributed by atoms with Crippen molar-refractivity contribution in [2.45, 2.75) is 32.4 Å². The average molecular weight is 386 g/mol. The summed E-state index contributed by atoms with van der Waals surface area (Å²) < 4.78 is 6.14. The Labute approximate surface area is 143 Å². The Morgan fingerprint density at radius 1 is 1.39 bits per heavy atom. The maximum absolute atomic E-state index is 12.2. The second-order valence-corrected chi connectivity index (χ2v) is 7.16. The monoisotopic (exact) mass is 385 g/mol. The zero-order valence-electron chi connectivity index (χ0n) is 13.3. The number of piperazine rings is 1. The number of carboxylic acid groups (broad SMARTS) is 1. The molecule has 1 aromatic heterocycles. The molecule has 2 rings (SSSR count). The molecule has 1 aliphatic rings. The molecule has 1 aliphatic heterocycles. The highest BCUT2D eigenvalue weighted by atomic mass is 79.9. The zero-order valence-corrected chi connectivity index (χ0v) is 14.9. The van der Waals surface area contributed by atoms with Crippen LogP contribution < -0.4 is 4.90 Å². The number of amides is 1. The quantitative estimate of drug-likeness (QED) is 0.840. The number of aromatic nitrogens is 1. The van der Waals surface area contributed by atoms with Gasteiger partial charge in [-0.15, -0.1) is 0 Å². The summed E-state index contributed by atoms with van der Waals surface area (Å²) in [6, 6.07) is 0.830. The van der Waals surface area contributed by atoms with Crippen LogP contribution in [-0.2, 0) is 9.53 Å². The fraction of sp³-hybridized carbons (Fsp3) is 0.533. The number of carbonyl (C=O) groups excluding carboxylic acids is 1. The third kappa shape index (κ3) is 4.34. The highest BCUT2D eigenvalue weighted by Gasteiger charge is 2.38. The van der Waals surface area contributed by atoms with E-state index in [0.29, 0.717) is 6.54 Å². The van der Waals surface area contributed by atoms with Gasteiger partial charge >= 0.3 is 12.1 Å². The van der Waals surface area contributed by atoms with Gasteiger partial charge in [0.15, 0.2) is 0 Å². The SMILES string of the molecule is CC(C)(C)OC(=O)N1CCN(c2cnccc2Br)C[C@H]1C(=O)O.